The number of nitriles is 1. The van der Waals surface area contributed by atoms with Crippen LogP contribution in [0.2, 0.25) is 0 Å². The van der Waals surface area contributed by atoms with Gasteiger partial charge in [-0.25, -0.2) is 4.79 Å². The van der Waals surface area contributed by atoms with E-state index in [1.807, 2.05) is 19.1 Å². The first-order valence-corrected chi connectivity index (χ1v) is 5.94. The van der Waals surface area contributed by atoms with Gasteiger partial charge in [-0.1, -0.05) is 23.9 Å². The normalized spacial score (nSPS) is 10.0. The average molecular weight is 259 g/mol. The summed E-state index contributed by atoms with van der Waals surface area (Å²) < 4.78 is 5.16. The number of carbonyl (C=O) groups is 1. The van der Waals surface area contributed by atoms with E-state index in [0.29, 0.717) is 10.7 Å². The quantitative estimate of drug-likeness (QED) is 0.915. The molecule has 2 rings (SSSR count). The number of carboxylic acids is 1. The molecule has 0 aliphatic rings. The van der Waals surface area contributed by atoms with E-state index in [0.717, 1.165) is 10.5 Å². The molecule has 0 bridgehead atoms. The maximum atomic E-state index is 10.7. The maximum absolute atomic E-state index is 10.7. The lowest BCUT2D eigenvalue weighted by Crippen LogP contribution is -1.91. The van der Waals surface area contributed by atoms with Crippen LogP contribution in [-0.4, -0.2) is 11.1 Å². The van der Waals surface area contributed by atoms with Crippen molar-refractivity contribution in [2.75, 3.05) is 0 Å². The molecular formula is C13H9NO3S. The van der Waals surface area contributed by atoms with Gasteiger partial charge in [0.2, 0.25) is 5.76 Å². The highest BCUT2D eigenvalue weighted by molar-refractivity contribution is 7.99. The molecule has 0 radical (unpaired) electrons. The van der Waals surface area contributed by atoms with Gasteiger partial charge in [-0.05, 0) is 30.7 Å². The van der Waals surface area contributed by atoms with Gasteiger partial charge in [0.15, 0.2) is 5.09 Å². The molecule has 0 aliphatic carbocycles. The number of benzene rings is 1. The van der Waals surface area contributed by atoms with E-state index in [2.05, 4.69) is 6.07 Å². The predicted octanol–water partition coefficient (Wildman–Crippen LogP) is 3.31. The van der Waals surface area contributed by atoms with Crippen molar-refractivity contribution in [2.45, 2.75) is 16.9 Å². The van der Waals surface area contributed by atoms with Crippen molar-refractivity contribution in [3.05, 3.63) is 47.2 Å². The first-order valence-electron chi connectivity index (χ1n) is 5.12. The summed E-state index contributed by atoms with van der Waals surface area (Å²) in [6.07, 6.45) is 0. The molecule has 0 aliphatic heterocycles. The molecule has 0 unspecified atom stereocenters. The zero-order valence-corrected chi connectivity index (χ0v) is 10.3. The van der Waals surface area contributed by atoms with Crippen LogP contribution in [0.25, 0.3) is 0 Å². The second kappa shape index (κ2) is 4.98. The summed E-state index contributed by atoms with van der Waals surface area (Å²) in [6.45, 7) is 1.89. The fourth-order valence-electron chi connectivity index (χ4n) is 1.47. The Kier molecular flexibility index (Phi) is 3.40. The van der Waals surface area contributed by atoms with Gasteiger partial charge in [0.1, 0.15) is 6.07 Å². The van der Waals surface area contributed by atoms with E-state index >= 15 is 0 Å². The lowest BCUT2D eigenvalue weighted by Gasteiger charge is -2.04. The highest BCUT2D eigenvalue weighted by atomic mass is 32.2. The Morgan fingerprint density at radius 1 is 1.39 bits per heavy atom. The molecule has 0 spiro atoms. The molecule has 0 saturated carbocycles. The molecule has 4 nitrogen and oxygen atoms in total. The van der Waals surface area contributed by atoms with Crippen LogP contribution in [0.3, 0.4) is 0 Å². The fourth-order valence-corrected chi connectivity index (χ4v) is 2.39. The Morgan fingerprint density at radius 2 is 2.17 bits per heavy atom. The molecule has 0 atom stereocenters. The number of carboxylic acid groups (broad SMARTS) is 1. The number of aryl methyl sites for hydroxylation is 1. The number of nitrogens with zero attached hydrogens (tertiary/aromatic N) is 1. The zero-order valence-electron chi connectivity index (χ0n) is 9.51. The van der Waals surface area contributed by atoms with Crippen molar-refractivity contribution in [1.82, 2.24) is 0 Å². The Labute approximate surface area is 108 Å². The number of hydrogen-bond donors (Lipinski definition) is 1. The SMILES string of the molecule is Cc1cccc(C#N)c1Sc1ccc(C(=O)O)o1. The summed E-state index contributed by atoms with van der Waals surface area (Å²) in [4.78, 5) is 11.5. The van der Waals surface area contributed by atoms with Gasteiger partial charge in [-0.2, -0.15) is 5.26 Å². The van der Waals surface area contributed by atoms with Crippen molar-refractivity contribution < 1.29 is 14.3 Å². The Balaban J connectivity index is 2.34. The number of furan rings is 1. The molecule has 1 heterocycles. The molecule has 0 amide bonds. The van der Waals surface area contributed by atoms with Gasteiger partial charge in [0.05, 0.1) is 5.56 Å². The topological polar surface area (TPSA) is 74.2 Å². The Morgan fingerprint density at radius 3 is 2.78 bits per heavy atom. The van der Waals surface area contributed by atoms with Crippen LogP contribution in [0.4, 0.5) is 0 Å². The first-order chi connectivity index (χ1) is 8.61. The lowest BCUT2D eigenvalue weighted by atomic mass is 10.1. The van der Waals surface area contributed by atoms with Crippen LogP contribution >= 0.6 is 11.8 Å². The highest BCUT2D eigenvalue weighted by Gasteiger charge is 2.13. The molecular weight excluding hydrogens is 250 g/mol. The minimum Gasteiger partial charge on any atom is -0.475 e. The van der Waals surface area contributed by atoms with Gasteiger partial charge in [0, 0.05) is 4.90 Å². The number of aromatic carboxylic acids is 1. The Hall–Kier alpha value is -2.19. The van der Waals surface area contributed by atoms with Crippen molar-refractivity contribution in [2.24, 2.45) is 0 Å². The summed E-state index contributed by atoms with van der Waals surface area (Å²) in [5, 5.41) is 18.2. The van der Waals surface area contributed by atoms with Gasteiger partial charge < -0.3 is 9.52 Å². The molecule has 2 aromatic rings. The van der Waals surface area contributed by atoms with Crippen molar-refractivity contribution in [1.29, 1.82) is 5.26 Å². The number of rotatable bonds is 3. The van der Waals surface area contributed by atoms with Crippen molar-refractivity contribution >= 4 is 17.7 Å². The number of hydrogen-bond acceptors (Lipinski definition) is 4. The van der Waals surface area contributed by atoms with E-state index < -0.39 is 5.97 Å². The third-order valence-corrected chi connectivity index (χ3v) is 3.49. The molecule has 18 heavy (non-hydrogen) atoms. The van der Waals surface area contributed by atoms with E-state index in [1.165, 1.54) is 17.8 Å². The summed E-state index contributed by atoms with van der Waals surface area (Å²) in [5.74, 6) is -1.21. The van der Waals surface area contributed by atoms with Gasteiger partial charge in [0.25, 0.3) is 0 Å². The predicted molar refractivity (Wildman–Crippen MR) is 65.7 cm³/mol. The molecule has 0 saturated heterocycles. The highest BCUT2D eigenvalue weighted by Crippen LogP contribution is 2.33. The summed E-state index contributed by atoms with van der Waals surface area (Å²) in [5.41, 5.74) is 1.50. The molecule has 90 valence electrons. The maximum Gasteiger partial charge on any atom is 0.371 e. The largest absolute Gasteiger partial charge is 0.475 e. The van der Waals surface area contributed by atoms with Crippen molar-refractivity contribution in [3.63, 3.8) is 0 Å². The van der Waals surface area contributed by atoms with E-state index in [4.69, 9.17) is 14.8 Å². The smallest absolute Gasteiger partial charge is 0.371 e. The molecule has 0 fully saturated rings. The van der Waals surface area contributed by atoms with Gasteiger partial charge in [-0.3, -0.25) is 0 Å². The molecule has 1 aromatic carbocycles. The second-order valence-electron chi connectivity index (χ2n) is 3.59. The molecule has 1 aromatic heterocycles. The minimum absolute atomic E-state index is 0.107. The standard InChI is InChI=1S/C13H9NO3S/c1-8-3-2-4-9(7-14)12(8)18-11-6-5-10(17-11)13(15)16/h2-6H,1H3,(H,15,16). The van der Waals surface area contributed by atoms with Gasteiger partial charge >= 0.3 is 5.97 Å². The first kappa shape index (κ1) is 12.3. The van der Waals surface area contributed by atoms with E-state index in [9.17, 15) is 4.79 Å². The van der Waals surface area contributed by atoms with Crippen LogP contribution in [0.15, 0.2) is 44.7 Å². The minimum atomic E-state index is -1.10. The van der Waals surface area contributed by atoms with E-state index in [-0.39, 0.29) is 5.76 Å². The Bertz CT molecular complexity index is 640. The summed E-state index contributed by atoms with van der Waals surface area (Å²) >= 11 is 1.25. The van der Waals surface area contributed by atoms with Gasteiger partial charge in [-0.15, -0.1) is 0 Å². The second-order valence-corrected chi connectivity index (χ2v) is 4.60. The van der Waals surface area contributed by atoms with Crippen LogP contribution < -0.4 is 0 Å². The third-order valence-electron chi connectivity index (χ3n) is 2.33. The summed E-state index contributed by atoms with van der Waals surface area (Å²) in [7, 11) is 0. The average Bonchev–Trinajstić information content (AvgIpc) is 2.80. The van der Waals surface area contributed by atoms with Crippen LogP contribution in [0, 0.1) is 18.3 Å². The lowest BCUT2D eigenvalue weighted by molar-refractivity contribution is 0.0656. The van der Waals surface area contributed by atoms with Crippen LogP contribution in [0.1, 0.15) is 21.7 Å². The van der Waals surface area contributed by atoms with Crippen LogP contribution in [0.5, 0.6) is 0 Å². The van der Waals surface area contributed by atoms with Crippen molar-refractivity contribution in [3.8, 4) is 6.07 Å². The van der Waals surface area contributed by atoms with Crippen LogP contribution in [-0.2, 0) is 0 Å². The molecule has 5 heteroatoms. The fraction of sp³-hybridized carbons (Fsp3) is 0.0769. The monoisotopic (exact) mass is 259 g/mol. The molecule has 1 N–H and O–H groups in total. The summed E-state index contributed by atoms with van der Waals surface area (Å²) in [6, 6.07) is 10.5. The third kappa shape index (κ3) is 2.39. The van der Waals surface area contributed by atoms with E-state index in [1.54, 1.807) is 12.1 Å². The zero-order chi connectivity index (χ0) is 13.1.